The van der Waals surface area contributed by atoms with Crippen LogP contribution in [0.4, 0.5) is 0 Å². The first-order valence-electron chi connectivity index (χ1n) is 9.91. The van der Waals surface area contributed by atoms with E-state index in [0.29, 0.717) is 23.2 Å². The summed E-state index contributed by atoms with van der Waals surface area (Å²) in [6.07, 6.45) is 0.201. The molecule has 0 aromatic heterocycles. The third-order valence-electron chi connectivity index (χ3n) is 6.82. The van der Waals surface area contributed by atoms with Gasteiger partial charge in [-0.15, -0.1) is 0 Å². The predicted molar refractivity (Wildman–Crippen MR) is 105 cm³/mol. The number of aromatic hydroxyl groups is 1. The molecule has 2 aromatic rings. The fourth-order valence-electron chi connectivity index (χ4n) is 5.60. The maximum Gasteiger partial charge on any atom is 0.267 e. The summed E-state index contributed by atoms with van der Waals surface area (Å²) in [5, 5.41) is 9.95. The van der Waals surface area contributed by atoms with Crippen LogP contribution in [0.2, 0.25) is 0 Å². The van der Waals surface area contributed by atoms with Gasteiger partial charge >= 0.3 is 0 Å². The van der Waals surface area contributed by atoms with Crippen molar-refractivity contribution in [3.05, 3.63) is 53.6 Å². The van der Waals surface area contributed by atoms with E-state index in [1.54, 1.807) is 6.07 Å². The van der Waals surface area contributed by atoms with Gasteiger partial charge < -0.3 is 19.5 Å². The monoisotopic (exact) mass is 379 g/mol. The summed E-state index contributed by atoms with van der Waals surface area (Å²) in [5.74, 6) is 1.97. The molecule has 5 heteroatoms. The molecule has 1 unspecified atom stereocenters. The minimum absolute atomic E-state index is 0.00119. The maximum atomic E-state index is 13.3. The van der Waals surface area contributed by atoms with E-state index in [9.17, 15) is 9.90 Å². The molecule has 1 aliphatic carbocycles. The van der Waals surface area contributed by atoms with Crippen LogP contribution in [0, 0.1) is 5.92 Å². The van der Waals surface area contributed by atoms with Gasteiger partial charge in [-0.1, -0.05) is 32.0 Å². The molecule has 0 radical (unpaired) electrons. The molecule has 28 heavy (non-hydrogen) atoms. The van der Waals surface area contributed by atoms with Crippen LogP contribution in [-0.4, -0.2) is 40.7 Å². The zero-order valence-electron chi connectivity index (χ0n) is 16.4. The van der Waals surface area contributed by atoms with E-state index >= 15 is 0 Å². The number of phenolic OH excluding ortho intramolecular Hbond substituents is 1. The van der Waals surface area contributed by atoms with Crippen molar-refractivity contribution in [3.63, 3.8) is 0 Å². The number of benzene rings is 2. The molecule has 1 fully saturated rings. The topological polar surface area (TPSA) is 59.0 Å². The number of hydrogen-bond donors (Lipinski definition) is 1. The van der Waals surface area contributed by atoms with E-state index in [2.05, 4.69) is 20.8 Å². The number of carbonyl (C=O) groups excluding carboxylic acids is 1. The van der Waals surface area contributed by atoms with E-state index in [0.717, 1.165) is 6.42 Å². The van der Waals surface area contributed by atoms with E-state index < -0.39 is 6.10 Å². The Bertz CT molecular complexity index is 953. The lowest BCUT2D eigenvalue weighted by atomic mass is 9.56. The average molecular weight is 379 g/mol. The molecule has 2 aromatic carbocycles. The maximum absolute atomic E-state index is 13.3. The van der Waals surface area contributed by atoms with Crippen molar-refractivity contribution in [2.24, 2.45) is 5.92 Å². The van der Waals surface area contributed by atoms with Gasteiger partial charge in [0.2, 0.25) is 6.10 Å². The molecule has 1 N–H and O–H groups in total. The van der Waals surface area contributed by atoms with Crippen molar-refractivity contribution in [1.82, 2.24) is 4.90 Å². The number of carbonyl (C=O) groups is 1. The number of hydrogen-bond acceptors (Lipinski definition) is 4. The first-order chi connectivity index (χ1) is 13.4. The van der Waals surface area contributed by atoms with Crippen LogP contribution in [0.1, 0.15) is 31.9 Å². The van der Waals surface area contributed by atoms with Gasteiger partial charge in [0.15, 0.2) is 11.5 Å². The molecule has 2 aliphatic heterocycles. The second-order valence-corrected chi connectivity index (χ2v) is 8.71. The largest absolute Gasteiger partial charge is 0.508 e. The highest BCUT2D eigenvalue weighted by Crippen LogP contribution is 2.52. The molecule has 5 rings (SSSR count). The fraction of sp³-hybridized carbons (Fsp3) is 0.435. The third kappa shape index (κ3) is 2.35. The van der Waals surface area contributed by atoms with Crippen molar-refractivity contribution >= 4 is 5.91 Å². The Balaban J connectivity index is 1.41. The lowest BCUT2D eigenvalue weighted by Crippen LogP contribution is -2.73. The first-order valence-corrected chi connectivity index (χ1v) is 9.91. The van der Waals surface area contributed by atoms with Crippen molar-refractivity contribution in [2.45, 2.75) is 50.8 Å². The second-order valence-electron chi connectivity index (χ2n) is 8.71. The highest BCUT2D eigenvalue weighted by molar-refractivity contribution is 5.84. The lowest BCUT2D eigenvalue weighted by molar-refractivity contribution is -0.168. The molecule has 5 nitrogen and oxygen atoms in total. The number of likely N-dealkylation sites (tertiary alicyclic amines) is 1. The van der Waals surface area contributed by atoms with Gasteiger partial charge in [-0.3, -0.25) is 4.79 Å². The van der Waals surface area contributed by atoms with Gasteiger partial charge in [0.1, 0.15) is 12.4 Å². The highest BCUT2D eigenvalue weighted by atomic mass is 16.6. The van der Waals surface area contributed by atoms with Crippen LogP contribution >= 0.6 is 0 Å². The van der Waals surface area contributed by atoms with E-state index in [1.165, 1.54) is 11.1 Å². The SMILES string of the molecule is CC1[C@H]2[C@@H](Cc3ccc(O)cc3C2(C)C)N1C(=O)[C@H]1COc2ccccc2O1. The summed E-state index contributed by atoms with van der Waals surface area (Å²) < 4.78 is 11.7. The minimum Gasteiger partial charge on any atom is -0.508 e. The quantitative estimate of drug-likeness (QED) is 0.826. The summed E-state index contributed by atoms with van der Waals surface area (Å²) in [4.78, 5) is 15.3. The molecule has 1 amide bonds. The van der Waals surface area contributed by atoms with Gasteiger partial charge in [-0.2, -0.15) is 0 Å². The number of fused-ring (bicyclic) bond motifs is 3. The standard InChI is InChI=1S/C23H25NO4/c1-13-21-17(10-14-8-9-15(25)11-16(14)23(21,2)3)24(13)22(26)20-12-27-18-6-4-5-7-19(18)28-20/h4-9,11,13,17,20-21,25H,10,12H2,1-3H3/t13?,17-,20-,21+/m1/s1. The highest BCUT2D eigenvalue weighted by Gasteiger charge is 2.58. The number of phenols is 1. The number of amides is 1. The van der Waals surface area contributed by atoms with Crippen molar-refractivity contribution < 1.29 is 19.4 Å². The smallest absolute Gasteiger partial charge is 0.267 e. The van der Waals surface area contributed by atoms with Crippen LogP contribution in [0.3, 0.4) is 0 Å². The van der Waals surface area contributed by atoms with Crippen molar-refractivity contribution in [2.75, 3.05) is 6.61 Å². The summed E-state index contributed by atoms with van der Waals surface area (Å²) in [7, 11) is 0. The average Bonchev–Trinajstić information content (AvgIpc) is 2.67. The Hall–Kier alpha value is -2.69. The molecule has 3 aliphatic rings. The van der Waals surface area contributed by atoms with Gasteiger partial charge in [0.25, 0.3) is 5.91 Å². The molecule has 0 spiro atoms. The van der Waals surface area contributed by atoms with Gasteiger partial charge in [0, 0.05) is 18.0 Å². The van der Waals surface area contributed by atoms with Crippen LogP contribution in [0.5, 0.6) is 17.2 Å². The van der Waals surface area contributed by atoms with Gasteiger partial charge in [-0.05, 0) is 54.2 Å². The molecule has 0 saturated carbocycles. The number of ether oxygens (including phenoxy) is 2. The summed E-state index contributed by atoms with van der Waals surface area (Å²) in [6.45, 7) is 6.80. The zero-order valence-corrected chi connectivity index (χ0v) is 16.4. The van der Waals surface area contributed by atoms with Gasteiger partial charge in [0.05, 0.1) is 0 Å². The first kappa shape index (κ1) is 17.4. The van der Waals surface area contributed by atoms with Crippen LogP contribution in [0.15, 0.2) is 42.5 Å². The Labute approximate surface area is 164 Å². The molecule has 0 bridgehead atoms. The lowest BCUT2D eigenvalue weighted by Gasteiger charge is -2.63. The van der Waals surface area contributed by atoms with E-state index in [1.807, 2.05) is 41.3 Å². The Morgan fingerprint density at radius 1 is 1.18 bits per heavy atom. The summed E-state index contributed by atoms with van der Waals surface area (Å²) >= 11 is 0. The van der Waals surface area contributed by atoms with E-state index in [4.69, 9.17) is 9.47 Å². The van der Waals surface area contributed by atoms with Crippen molar-refractivity contribution in [3.8, 4) is 17.2 Å². The molecular formula is C23H25NO4. The van der Waals surface area contributed by atoms with Crippen LogP contribution in [0.25, 0.3) is 0 Å². The Kier molecular flexibility index (Phi) is 3.67. The molecule has 1 saturated heterocycles. The summed E-state index contributed by atoms with van der Waals surface area (Å²) in [5.41, 5.74) is 2.29. The number of rotatable bonds is 1. The van der Waals surface area contributed by atoms with E-state index in [-0.39, 0.29) is 30.0 Å². The van der Waals surface area contributed by atoms with Crippen LogP contribution in [-0.2, 0) is 16.6 Å². The number of nitrogens with zero attached hydrogens (tertiary/aromatic N) is 1. The van der Waals surface area contributed by atoms with Gasteiger partial charge in [-0.25, -0.2) is 0 Å². The Morgan fingerprint density at radius 3 is 2.71 bits per heavy atom. The minimum atomic E-state index is -0.609. The molecule has 4 atom stereocenters. The number of para-hydroxylation sites is 2. The normalized spacial score (nSPS) is 29.3. The van der Waals surface area contributed by atoms with Crippen molar-refractivity contribution in [1.29, 1.82) is 0 Å². The molecular weight excluding hydrogens is 354 g/mol. The van der Waals surface area contributed by atoms with Crippen LogP contribution < -0.4 is 9.47 Å². The fourth-order valence-corrected chi connectivity index (χ4v) is 5.60. The zero-order chi connectivity index (χ0) is 19.6. The molecule has 2 heterocycles. The predicted octanol–water partition coefficient (Wildman–Crippen LogP) is 3.28. The second kappa shape index (κ2) is 5.90. The third-order valence-corrected chi connectivity index (χ3v) is 6.82. The summed E-state index contributed by atoms with van der Waals surface area (Å²) in [6, 6.07) is 13.3. The Morgan fingerprint density at radius 2 is 1.93 bits per heavy atom. The molecule has 146 valence electrons.